The highest BCUT2D eigenvalue weighted by molar-refractivity contribution is 5.44. The lowest BCUT2D eigenvalue weighted by atomic mass is 9.96. The Bertz CT molecular complexity index is 409. The minimum absolute atomic E-state index is 0.510. The van der Waals surface area contributed by atoms with Crippen LogP contribution in [0.1, 0.15) is 42.0 Å². The Morgan fingerprint density at radius 3 is 2.62 bits per heavy atom. The molecule has 1 saturated carbocycles. The van der Waals surface area contributed by atoms with Crippen molar-refractivity contribution in [2.24, 2.45) is 0 Å². The molecule has 2 aliphatic rings. The van der Waals surface area contributed by atoms with Crippen LogP contribution in [0.4, 0.5) is 0 Å². The Morgan fingerprint density at radius 1 is 1.12 bits per heavy atom. The van der Waals surface area contributed by atoms with Gasteiger partial charge in [-0.05, 0) is 43.9 Å². The van der Waals surface area contributed by atoms with Crippen LogP contribution in [0.15, 0.2) is 12.1 Å². The molecule has 1 aliphatic heterocycles. The van der Waals surface area contributed by atoms with Crippen molar-refractivity contribution in [1.82, 2.24) is 5.32 Å². The van der Waals surface area contributed by atoms with Gasteiger partial charge in [-0.15, -0.1) is 0 Å². The second-order valence-corrected chi connectivity index (χ2v) is 5.10. The lowest BCUT2D eigenvalue weighted by molar-refractivity contribution is 0.252. The molecule has 0 amide bonds. The van der Waals surface area contributed by atoms with E-state index in [1.54, 1.807) is 0 Å². The van der Waals surface area contributed by atoms with Crippen molar-refractivity contribution in [2.45, 2.75) is 45.2 Å². The molecule has 0 spiro atoms. The Labute approximate surface area is 97.0 Å². The van der Waals surface area contributed by atoms with E-state index in [0.29, 0.717) is 6.04 Å². The Balaban J connectivity index is 1.93. The normalized spacial score (nSPS) is 23.8. The van der Waals surface area contributed by atoms with Gasteiger partial charge in [0.05, 0.1) is 6.61 Å². The summed E-state index contributed by atoms with van der Waals surface area (Å²) in [6.07, 6.45) is 3.79. The monoisotopic (exact) mass is 217 g/mol. The minimum Gasteiger partial charge on any atom is -0.493 e. The van der Waals surface area contributed by atoms with Crippen molar-refractivity contribution in [1.29, 1.82) is 0 Å². The van der Waals surface area contributed by atoms with Crippen LogP contribution in [0.25, 0.3) is 0 Å². The lowest BCUT2D eigenvalue weighted by Gasteiger charge is -2.28. The summed E-state index contributed by atoms with van der Waals surface area (Å²) < 4.78 is 5.75. The number of ether oxygens (including phenoxy) is 1. The number of fused-ring (bicyclic) bond motifs is 1. The molecule has 0 bridgehead atoms. The first-order chi connectivity index (χ1) is 7.74. The van der Waals surface area contributed by atoms with Crippen molar-refractivity contribution in [3.05, 3.63) is 28.8 Å². The van der Waals surface area contributed by atoms with Crippen LogP contribution in [0.3, 0.4) is 0 Å². The van der Waals surface area contributed by atoms with E-state index in [1.165, 1.54) is 29.5 Å². The molecule has 86 valence electrons. The summed E-state index contributed by atoms with van der Waals surface area (Å²) in [6.45, 7) is 5.18. The Kier molecular flexibility index (Phi) is 2.40. The number of hydrogen-bond acceptors (Lipinski definition) is 2. The van der Waals surface area contributed by atoms with E-state index in [4.69, 9.17) is 4.74 Å². The molecular formula is C14H19NO. The number of aryl methyl sites for hydroxylation is 2. The summed E-state index contributed by atoms with van der Waals surface area (Å²) in [4.78, 5) is 0. The molecule has 2 heteroatoms. The Hall–Kier alpha value is -1.02. The van der Waals surface area contributed by atoms with Gasteiger partial charge in [-0.2, -0.15) is 0 Å². The maximum Gasteiger partial charge on any atom is 0.124 e. The third-order valence-corrected chi connectivity index (χ3v) is 3.68. The first-order valence-corrected chi connectivity index (χ1v) is 6.24. The largest absolute Gasteiger partial charge is 0.493 e. The van der Waals surface area contributed by atoms with Gasteiger partial charge in [0, 0.05) is 24.1 Å². The molecule has 0 aromatic heterocycles. The molecular weight excluding hydrogens is 198 g/mol. The maximum atomic E-state index is 5.75. The van der Waals surface area contributed by atoms with Crippen molar-refractivity contribution < 1.29 is 4.74 Å². The average molecular weight is 217 g/mol. The minimum atomic E-state index is 0.510. The summed E-state index contributed by atoms with van der Waals surface area (Å²) in [6, 6.07) is 5.75. The van der Waals surface area contributed by atoms with Gasteiger partial charge in [-0.25, -0.2) is 0 Å². The van der Waals surface area contributed by atoms with Crippen molar-refractivity contribution in [3.8, 4) is 5.75 Å². The van der Waals surface area contributed by atoms with Crippen LogP contribution < -0.4 is 10.1 Å². The smallest absolute Gasteiger partial charge is 0.124 e. The third-order valence-electron chi connectivity index (χ3n) is 3.68. The van der Waals surface area contributed by atoms with E-state index < -0.39 is 0 Å². The Morgan fingerprint density at radius 2 is 1.88 bits per heavy atom. The van der Waals surface area contributed by atoms with Gasteiger partial charge < -0.3 is 10.1 Å². The van der Waals surface area contributed by atoms with Gasteiger partial charge in [0.25, 0.3) is 0 Å². The molecule has 1 fully saturated rings. The van der Waals surface area contributed by atoms with Gasteiger partial charge in [-0.1, -0.05) is 6.07 Å². The first-order valence-electron chi connectivity index (χ1n) is 6.24. The molecule has 1 aromatic rings. The molecule has 16 heavy (non-hydrogen) atoms. The van der Waals surface area contributed by atoms with E-state index in [0.717, 1.165) is 24.8 Å². The van der Waals surface area contributed by atoms with Crippen LogP contribution in [-0.2, 0) is 0 Å². The van der Waals surface area contributed by atoms with Gasteiger partial charge in [0.2, 0.25) is 0 Å². The average Bonchev–Trinajstić information content (AvgIpc) is 3.05. The van der Waals surface area contributed by atoms with E-state index in [2.05, 4.69) is 31.3 Å². The molecule has 2 nitrogen and oxygen atoms in total. The highest BCUT2D eigenvalue weighted by Gasteiger charge is 2.29. The number of rotatable bonds is 2. The van der Waals surface area contributed by atoms with Crippen LogP contribution in [-0.4, -0.2) is 12.6 Å². The summed E-state index contributed by atoms with van der Waals surface area (Å²) >= 11 is 0. The first kappa shape index (κ1) is 10.2. The third kappa shape index (κ3) is 1.82. The van der Waals surface area contributed by atoms with Gasteiger partial charge in [0.15, 0.2) is 0 Å². The van der Waals surface area contributed by atoms with Crippen molar-refractivity contribution in [2.75, 3.05) is 6.61 Å². The molecule has 0 saturated heterocycles. The zero-order chi connectivity index (χ0) is 11.1. The van der Waals surface area contributed by atoms with Crippen LogP contribution in [0, 0.1) is 13.8 Å². The lowest BCUT2D eigenvalue weighted by Crippen LogP contribution is -2.28. The number of hydrogen-bond donors (Lipinski definition) is 1. The van der Waals surface area contributed by atoms with E-state index in [9.17, 15) is 0 Å². The van der Waals surface area contributed by atoms with Gasteiger partial charge in [-0.3, -0.25) is 0 Å². The predicted octanol–water partition coefficient (Wildman–Crippen LogP) is 2.88. The molecule has 1 unspecified atom stereocenters. The second kappa shape index (κ2) is 3.77. The van der Waals surface area contributed by atoms with E-state index >= 15 is 0 Å². The molecule has 1 atom stereocenters. The fraction of sp³-hybridized carbons (Fsp3) is 0.571. The number of benzene rings is 1. The quantitative estimate of drug-likeness (QED) is 0.822. The molecule has 3 rings (SSSR count). The topological polar surface area (TPSA) is 21.3 Å². The van der Waals surface area contributed by atoms with E-state index in [-0.39, 0.29) is 0 Å². The summed E-state index contributed by atoms with van der Waals surface area (Å²) in [5, 5.41) is 3.72. The summed E-state index contributed by atoms with van der Waals surface area (Å²) in [5.41, 5.74) is 4.05. The molecule has 0 radical (unpaired) electrons. The van der Waals surface area contributed by atoms with Crippen molar-refractivity contribution >= 4 is 0 Å². The zero-order valence-corrected chi connectivity index (χ0v) is 10.0. The second-order valence-electron chi connectivity index (χ2n) is 5.10. The molecule has 1 aromatic carbocycles. The fourth-order valence-electron chi connectivity index (χ4n) is 2.36. The van der Waals surface area contributed by atoms with E-state index in [1.807, 2.05) is 0 Å². The standard InChI is InChI=1S/C14H19NO/c1-9-7-12-13(15-11-3-4-11)5-6-16-14(12)8-10(9)2/h7-8,11,13,15H,3-6H2,1-2H3. The predicted molar refractivity (Wildman–Crippen MR) is 64.9 cm³/mol. The fourth-order valence-corrected chi connectivity index (χ4v) is 2.36. The van der Waals surface area contributed by atoms with Crippen molar-refractivity contribution in [3.63, 3.8) is 0 Å². The number of nitrogens with one attached hydrogen (secondary N) is 1. The van der Waals surface area contributed by atoms with Gasteiger partial charge >= 0.3 is 0 Å². The van der Waals surface area contributed by atoms with Crippen LogP contribution >= 0.6 is 0 Å². The van der Waals surface area contributed by atoms with Crippen LogP contribution in [0.5, 0.6) is 5.75 Å². The molecule has 1 heterocycles. The summed E-state index contributed by atoms with van der Waals surface area (Å²) in [5.74, 6) is 1.09. The molecule has 1 aliphatic carbocycles. The molecule has 1 N–H and O–H groups in total. The maximum absolute atomic E-state index is 5.75. The van der Waals surface area contributed by atoms with Gasteiger partial charge in [0.1, 0.15) is 5.75 Å². The zero-order valence-electron chi connectivity index (χ0n) is 10.0. The van der Waals surface area contributed by atoms with Crippen LogP contribution in [0.2, 0.25) is 0 Å². The highest BCUT2D eigenvalue weighted by atomic mass is 16.5. The highest BCUT2D eigenvalue weighted by Crippen LogP contribution is 2.36. The summed E-state index contributed by atoms with van der Waals surface area (Å²) in [7, 11) is 0. The SMILES string of the molecule is Cc1cc2c(cc1C)C(NC1CC1)CCO2.